The van der Waals surface area contributed by atoms with Gasteiger partial charge in [-0.1, -0.05) is 12.1 Å². The Balaban J connectivity index is 2.08. The summed E-state index contributed by atoms with van der Waals surface area (Å²) in [5.74, 6) is 0.443. The number of rotatable bonds is 2. The number of nitrogen functional groups attached to an aromatic ring is 1. The van der Waals surface area contributed by atoms with Crippen LogP contribution in [0, 0.1) is 0 Å². The lowest BCUT2D eigenvalue weighted by Gasteiger charge is -2.07. The number of carbonyl (C=O) groups excluding carboxylic acids is 1. The molecule has 3 N–H and O–H groups in total. The first-order valence-corrected chi connectivity index (χ1v) is 7.92. The molecule has 0 radical (unpaired) electrons. The van der Waals surface area contributed by atoms with Crippen LogP contribution in [-0.2, 0) is 4.79 Å². The Labute approximate surface area is 134 Å². The van der Waals surface area contributed by atoms with E-state index in [0.29, 0.717) is 5.82 Å². The monoisotopic (exact) mass is 361 g/mol. The van der Waals surface area contributed by atoms with E-state index in [-0.39, 0.29) is 5.91 Å². The molecule has 1 aromatic carbocycles. The number of nitrogens with zero attached hydrogens (tertiary/aromatic N) is 1. The predicted octanol–water partition coefficient (Wildman–Crippen LogP) is 4.27. The van der Waals surface area contributed by atoms with E-state index in [1.165, 1.54) is 6.92 Å². The van der Waals surface area contributed by atoms with Crippen molar-refractivity contribution in [3.63, 3.8) is 0 Å². The quantitative estimate of drug-likeness (QED) is 0.716. The zero-order chi connectivity index (χ0) is 15.0. The molecule has 4 nitrogen and oxygen atoms in total. The number of benzene rings is 1. The maximum atomic E-state index is 11.0. The minimum Gasteiger partial charge on any atom is -0.383 e. The second-order valence-electron chi connectivity index (χ2n) is 4.60. The van der Waals surface area contributed by atoms with Gasteiger partial charge in [-0.15, -0.1) is 11.3 Å². The van der Waals surface area contributed by atoms with Crippen LogP contribution >= 0.6 is 27.3 Å². The van der Waals surface area contributed by atoms with Crippen LogP contribution in [0.3, 0.4) is 0 Å². The lowest BCUT2D eigenvalue weighted by molar-refractivity contribution is -0.114. The van der Waals surface area contributed by atoms with Crippen molar-refractivity contribution < 1.29 is 4.79 Å². The molecule has 21 heavy (non-hydrogen) atoms. The molecular weight excluding hydrogens is 350 g/mol. The van der Waals surface area contributed by atoms with Gasteiger partial charge in [-0.3, -0.25) is 4.79 Å². The number of fused-ring (bicyclic) bond motifs is 1. The summed E-state index contributed by atoms with van der Waals surface area (Å²) >= 11 is 5.13. The Morgan fingerprint density at radius 3 is 2.71 bits per heavy atom. The van der Waals surface area contributed by atoms with Crippen LogP contribution in [0.2, 0.25) is 0 Å². The van der Waals surface area contributed by atoms with Crippen molar-refractivity contribution in [3.05, 3.63) is 40.3 Å². The van der Waals surface area contributed by atoms with E-state index in [4.69, 9.17) is 5.73 Å². The van der Waals surface area contributed by atoms with Crippen LogP contribution in [0.25, 0.3) is 21.2 Å². The molecule has 106 valence electrons. The highest BCUT2D eigenvalue weighted by molar-refractivity contribution is 9.10. The van der Waals surface area contributed by atoms with Gasteiger partial charge in [-0.2, -0.15) is 0 Å². The van der Waals surface area contributed by atoms with Gasteiger partial charge in [-0.05, 0) is 33.6 Å². The van der Waals surface area contributed by atoms with Crippen molar-refractivity contribution in [1.82, 2.24) is 4.98 Å². The van der Waals surface area contributed by atoms with Gasteiger partial charge in [0.2, 0.25) is 5.91 Å². The smallest absolute Gasteiger partial charge is 0.221 e. The maximum absolute atomic E-state index is 11.0. The number of nitrogens with one attached hydrogen (secondary N) is 1. The highest BCUT2D eigenvalue weighted by Gasteiger charge is 2.12. The average molecular weight is 362 g/mol. The van der Waals surface area contributed by atoms with Gasteiger partial charge in [0.25, 0.3) is 0 Å². The largest absolute Gasteiger partial charge is 0.383 e. The molecule has 0 saturated carbocycles. The van der Waals surface area contributed by atoms with Crippen molar-refractivity contribution in [2.75, 3.05) is 11.1 Å². The summed E-state index contributed by atoms with van der Waals surface area (Å²) in [6.07, 6.45) is 1.79. The highest BCUT2D eigenvalue weighted by atomic mass is 79.9. The van der Waals surface area contributed by atoms with Crippen LogP contribution in [0.15, 0.2) is 40.3 Å². The number of amides is 1. The molecule has 0 fully saturated rings. The molecule has 6 heteroatoms. The Morgan fingerprint density at radius 2 is 2.05 bits per heavy atom. The van der Waals surface area contributed by atoms with Crippen molar-refractivity contribution in [2.24, 2.45) is 0 Å². The summed E-state index contributed by atoms with van der Waals surface area (Å²) in [4.78, 5) is 15.3. The fraction of sp³-hybridized carbons (Fsp3) is 0.0667. The van der Waals surface area contributed by atoms with E-state index in [2.05, 4.69) is 26.2 Å². The number of thiophene rings is 1. The van der Waals surface area contributed by atoms with E-state index < -0.39 is 0 Å². The normalized spacial score (nSPS) is 10.8. The molecular formula is C15H12BrN3OS. The van der Waals surface area contributed by atoms with E-state index >= 15 is 0 Å². The van der Waals surface area contributed by atoms with E-state index in [0.717, 1.165) is 31.4 Å². The van der Waals surface area contributed by atoms with Gasteiger partial charge in [0.1, 0.15) is 5.82 Å². The summed E-state index contributed by atoms with van der Waals surface area (Å²) in [5, 5.41) is 5.71. The molecule has 0 aliphatic rings. The van der Waals surface area contributed by atoms with Gasteiger partial charge in [0.05, 0.1) is 0 Å². The van der Waals surface area contributed by atoms with Crippen molar-refractivity contribution in [2.45, 2.75) is 6.92 Å². The third-order valence-corrected chi connectivity index (χ3v) is 5.04. The van der Waals surface area contributed by atoms with Crippen molar-refractivity contribution >= 4 is 54.8 Å². The number of pyridine rings is 1. The van der Waals surface area contributed by atoms with Crippen LogP contribution in [0.4, 0.5) is 11.5 Å². The molecule has 1 amide bonds. The molecule has 0 bridgehead atoms. The van der Waals surface area contributed by atoms with Crippen LogP contribution < -0.4 is 11.1 Å². The number of anilines is 2. The molecule has 0 aliphatic carbocycles. The van der Waals surface area contributed by atoms with Gasteiger partial charge < -0.3 is 11.1 Å². The van der Waals surface area contributed by atoms with Gasteiger partial charge in [0.15, 0.2) is 0 Å². The number of hydrogen-bond acceptors (Lipinski definition) is 4. The zero-order valence-electron chi connectivity index (χ0n) is 11.2. The Morgan fingerprint density at radius 1 is 1.33 bits per heavy atom. The molecule has 2 heterocycles. The topological polar surface area (TPSA) is 68.0 Å². The predicted molar refractivity (Wildman–Crippen MR) is 91.5 cm³/mol. The Bertz CT molecular complexity index is 827. The van der Waals surface area contributed by atoms with Gasteiger partial charge in [-0.25, -0.2) is 4.98 Å². The molecule has 3 rings (SSSR count). The van der Waals surface area contributed by atoms with Crippen LogP contribution in [0.1, 0.15) is 6.92 Å². The number of halogens is 1. The maximum Gasteiger partial charge on any atom is 0.221 e. The van der Waals surface area contributed by atoms with Crippen LogP contribution in [-0.4, -0.2) is 10.9 Å². The van der Waals surface area contributed by atoms with Gasteiger partial charge in [0, 0.05) is 44.3 Å². The Kier molecular flexibility index (Phi) is 3.65. The van der Waals surface area contributed by atoms with E-state index in [9.17, 15) is 4.79 Å². The third kappa shape index (κ3) is 2.64. The fourth-order valence-electron chi connectivity index (χ4n) is 2.17. The fourth-order valence-corrected chi connectivity index (χ4v) is 3.96. The van der Waals surface area contributed by atoms with Crippen LogP contribution in [0.5, 0.6) is 0 Å². The summed E-state index contributed by atoms with van der Waals surface area (Å²) in [6.45, 7) is 1.49. The van der Waals surface area contributed by atoms with E-state index in [1.54, 1.807) is 17.5 Å². The first-order valence-electron chi connectivity index (χ1n) is 6.25. The highest BCUT2D eigenvalue weighted by Crippen LogP contribution is 2.39. The third-order valence-electron chi connectivity index (χ3n) is 3.10. The second kappa shape index (κ2) is 5.46. The zero-order valence-corrected chi connectivity index (χ0v) is 13.6. The summed E-state index contributed by atoms with van der Waals surface area (Å²) in [7, 11) is 0. The number of carbonyl (C=O) groups is 1. The average Bonchev–Trinajstić information content (AvgIpc) is 2.83. The molecule has 0 spiro atoms. The minimum atomic E-state index is -0.0820. The summed E-state index contributed by atoms with van der Waals surface area (Å²) in [5.41, 5.74) is 8.79. The minimum absolute atomic E-state index is 0.0820. The van der Waals surface area contributed by atoms with E-state index in [1.807, 2.05) is 29.6 Å². The van der Waals surface area contributed by atoms with Crippen molar-refractivity contribution in [3.8, 4) is 11.1 Å². The number of hydrogen-bond donors (Lipinski definition) is 2. The lowest BCUT2D eigenvalue weighted by atomic mass is 10.1. The number of aromatic nitrogens is 1. The lowest BCUT2D eigenvalue weighted by Crippen LogP contribution is -2.05. The van der Waals surface area contributed by atoms with Gasteiger partial charge >= 0.3 is 0 Å². The molecule has 0 atom stereocenters. The second-order valence-corrected chi connectivity index (χ2v) is 6.34. The summed E-state index contributed by atoms with van der Waals surface area (Å²) in [6, 6.07) is 7.68. The molecule has 0 aliphatic heterocycles. The molecule has 0 unspecified atom stereocenters. The summed E-state index contributed by atoms with van der Waals surface area (Å²) < 4.78 is 2.06. The molecule has 2 aromatic heterocycles. The SMILES string of the molecule is CC(=O)Nc1ccc(-c2cnc(N)c3c(Br)csc23)cc1. The number of nitrogens with two attached hydrogens (primary N) is 1. The van der Waals surface area contributed by atoms with Crippen molar-refractivity contribution in [1.29, 1.82) is 0 Å². The molecule has 0 saturated heterocycles. The standard InChI is InChI=1S/C15H12BrN3OS/c1-8(20)19-10-4-2-9(3-5-10)11-6-18-15(17)13-12(16)7-21-14(11)13/h2-7H,1H3,(H2,17,18)(H,19,20). The molecule has 3 aromatic rings. The first kappa shape index (κ1) is 14.0. The first-order chi connectivity index (χ1) is 10.1. The Hall–Kier alpha value is -1.92.